The predicted octanol–water partition coefficient (Wildman–Crippen LogP) is 0.840. The van der Waals surface area contributed by atoms with Crippen LogP contribution in [0, 0.1) is 0 Å². The Morgan fingerprint density at radius 2 is 2.25 bits per heavy atom. The minimum Gasteiger partial charge on any atom is -0.480 e. The summed E-state index contributed by atoms with van der Waals surface area (Å²) in [4.78, 5) is 10.7. The van der Waals surface area contributed by atoms with Gasteiger partial charge < -0.3 is 10.4 Å². The lowest BCUT2D eigenvalue weighted by atomic mass is 10.2. The maximum atomic E-state index is 10.7. The number of benzene rings is 1. The highest BCUT2D eigenvalue weighted by Gasteiger charge is 2.10. The molecule has 0 aliphatic carbocycles. The molecule has 2 aromatic rings. The van der Waals surface area contributed by atoms with Crippen LogP contribution >= 0.6 is 0 Å². The fourth-order valence-electron chi connectivity index (χ4n) is 1.74. The molecule has 0 fully saturated rings. The molecule has 2 rings (SSSR count). The molecule has 1 aromatic carbocycles. The highest BCUT2D eigenvalue weighted by Crippen LogP contribution is 2.18. The van der Waals surface area contributed by atoms with E-state index >= 15 is 0 Å². The molecule has 1 aromatic heterocycles. The standard InChI is InChI=1S/C11H13N3O2/c1-12-6-9-8-4-2-3-5-10(8)14(13-9)7-11(15)16/h2-5,12H,6-7H2,1H3,(H,15,16). The van der Waals surface area contributed by atoms with Gasteiger partial charge in [-0.05, 0) is 13.1 Å². The SMILES string of the molecule is CNCc1nn(CC(=O)O)c2ccccc12. The quantitative estimate of drug-likeness (QED) is 0.799. The number of rotatable bonds is 4. The maximum Gasteiger partial charge on any atom is 0.325 e. The van der Waals surface area contributed by atoms with Gasteiger partial charge in [0.15, 0.2) is 0 Å². The Morgan fingerprint density at radius 3 is 2.94 bits per heavy atom. The van der Waals surface area contributed by atoms with Crippen molar-refractivity contribution < 1.29 is 9.90 Å². The Bertz CT molecular complexity index is 519. The number of carbonyl (C=O) groups is 1. The summed E-state index contributed by atoms with van der Waals surface area (Å²) in [5.41, 5.74) is 1.73. The van der Waals surface area contributed by atoms with Crippen molar-refractivity contribution in [3.8, 4) is 0 Å². The third kappa shape index (κ3) is 1.90. The number of hydrogen-bond donors (Lipinski definition) is 2. The van der Waals surface area contributed by atoms with Gasteiger partial charge in [-0.3, -0.25) is 9.48 Å². The van der Waals surface area contributed by atoms with Crippen molar-refractivity contribution >= 4 is 16.9 Å². The highest BCUT2D eigenvalue weighted by molar-refractivity contribution is 5.83. The van der Waals surface area contributed by atoms with Crippen molar-refractivity contribution in [3.63, 3.8) is 0 Å². The number of para-hydroxylation sites is 1. The minimum atomic E-state index is -0.885. The van der Waals surface area contributed by atoms with E-state index in [0.29, 0.717) is 6.54 Å². The van der Waals surface area contributed by atoms with Gasteiger partial charge in [0.1, 0.15) is 6.54 Å². The summed E-state index contributed by atoms with van der Waals surface area (Å²) in [6.45, 7) is 0.525. The van der Waals surface area contributed by atoms with E-state index < -0.39 is 5.97 Å². The van der Waals surface area contributed by atoms with Gasteiger partial charge in [0, 0.05) is 11.9 Å². The van der Waals surface area contributed by atoms with Crippen molar-refractivity contribution in [2.75, 3.05) is 7.05 Å². The first-order valence-electron chi connectivity index (χ1n) is 5.03. The van der Waals surface area contributed by atoms with Crippen molar-refractivity contribution in [2.24, 2.45) is 0 Å². The third-order valence-corrected chi connectivity index (χ3v) is 2.36. The van der Waals surface area contributed by atoms with Gasteiger partial charge in [-0.1, -0.05) is 18.2 Å². The van der Waals surface area contributed by atoms with E-state index in [1.54, 1.807) is 0 Å². The number of fused-ring (bicyclic) bond motifs is 1. The molecule has 0 amide bonds. The highest BCUT2D eigenvalue weighted by atomic mass is 16.4. The fraction of sp³-hybridized carbons (Fsp3) is 0.273. The number of nitrogens with one attached hydrogen (secondary N) is 1. The van der Waals surface area contributed by atoms with E-state index in [1.807, 2.05) is 31.3 Å². The van der Waals surface area contributed by atoms with Crippen molar-refractivity contribution in [2.45, 2.75) is 13.1 Å². The third-order valence-electron chi connectivity index (χ3n) is 2.36. The molecule has 1 heterocycles. The largest absolute Gasteiger partial charge is 0.480 e. The second-order valence-corrected chi connectivity index (χ2v) is 3.55. The summed E-state index contributed by atoms with van der Waals surface area (Å²) >= 11 is 0. The molecule has 16 heavy (non-hydrogen) atoms. The van der Waals surface area contributed by atoms with Gasteiger partial charge in [-0.15, -0.1) is 0 Å². The summed E-state index contributed by atoms with van der Waals surface area (Å²) in [5, 5.41) is 17.1. The molecule has 5 nitrogen and oxygen atoms in total. The summed E-state index contributed by atoms with van der Waals surface area (Å²) in [6.07, 6.45) is 0. The smallest absolute Gasteiger partial charge is 0.325 e. The van der Waals surface area contributed by atoms with E-state index in [9.17, 15) is 4.79 Å². The molecule has 0 saturated carbocycles. The van der Waals surface area contributed by atoms with E-state index in [4.69, 9.17) is 5.11 Å². The van der Waals surface area contributed by atoms with Crippen molar-refractivity contribution in [1.29, 1.82) is 0 Å². The molecule has 0 atom stereocenters. The zero-order valence-electron chi connectivity index (χ0n) is 8.97. The van der Waals surface area contributed by atoms with Crippen LogP contribution in [-0.4, -0.2) is 27.9 Å². The molecule has 0 radical (unpaired) electrons. The van der Waals surface area contributed by atoms with Crippen LogP contribution in [0.15, 0.2) is 24.3 Å². The average molecular weight is 219 g/mol. The molecule has 0 saturated heterocycles. The van der Waals surface area contributed by atoms with Crippen LogP contribution in [0.1, 0.15) is 5.69 Å². The van der Waals surface area contributed by atoms with Gasteiger partial charge in [0.2, 0.25) is 0 Å². The summed E-state index contributed by atoms with van der Waals surface area (Å²) in [5.74, 6) is -0.885. The number of carboxylic acids is 1. The predicted molar refractivity (Wildman–Crippen MR) is 60.1 cm³/mol. The molecule has 0 aliphatic heterocycles. The lowest BCUT2D eigenvalue weighted by molar-refractivity contribution is -0.137. The fourth-order valence-corrected chi connectivity index (χ4v) is 1.74. The molecular weight excluding hydrogens is 206 g/mol. The van der Waals surface area contributed by atoms with Gasteiger partial charge >= 0.3 is 5.97 Å². The number of aliphatic carboxylic acids is 1. The van der Waals surface area contributed by atoms with Crippen LogP contribution in [0.4, 0.5) is 0 Å². The number of nitrogens with zero attached hydrogens (tertiary/aromatic N) is 2. The van der Waals surface area contributed by atoms with Crippen LogP contribution < -0.4 is 5.32 Å². The van der Waals surface area contributed by atoms with Crippen LogP contribution in [0.2, 0.25) is 0 Å². The van der Waals surface area contributed by atoms with Crippen molar-refractivity contribution in [1.82, 2.24) is 15.1 Å². The first-order chi connectivity index (χ1) is 7.72. The molecule has 0 unspecified atom stereocenters. The lowest BCUT2D eigenvalue weighted by Crippen LogP contribution is -2.11. The summed E-state index contributed by atoms with van der Waals surface area (Å²) in [6, 6.07) is 7.64. The van der Waals surface area contributed by atoms with Gasteiger partial charge in [0.25, 0.3) is 0 Å². The first-order valence-corrected chi connectivity index (χ1v) is 5.03. The van der Waals surface area contributed by atoms with Crippen LogP contribution in [-0.2, 0) is 17.9 Å². The Labute approximate surface area is 92.7 Å². The number of hydrogen-bond acceptors (Lipinski definition) is 3. The van der Waals surface area contributed by atoms with Crippen LogP contribution in [0.3, 0.4) is 0 Å². The Hall–Kier alpha value is -1.88. The molecule has 2 N–H and O–H groups in total. The second-order valence-electron chi connectivity index (χ2n) is 3.55. The monoisotopic (exact) mass is 219 g/mol. The number of carboxylic acid groups (broad SMARTS) is 1. The van der Waals surface area contributed by atoms with Crippen molar-refractivity contribution in [3.05, 3.63) is 30.0 Å². The molecule has 5 heteroatoms. The Kier molecular flexibility index (Phi) is 2.87. The number of aromatic nitrogens is 2. The molecule has 0 bridgehead atoms. The van der Waals surface area contributed by atoms with Crippen LogP contribution in [0.25, 0.3) is 10.9 Å². The van der Waals surface area contributed by atoms with E-state index in [0.717, 1.165) is 16.6 Å². The van der Waals surface area contributed by atoms with Gasteiger partial charge in [-0.25, -0.2) is 0 Å². The normalized spacial score (nSPS) is 10.8. The zero-order valence-corrected chi connectivity index (χ0v) is 8.97. The minimum absolute atomic E-state index is 0.107. The zero-order chi connectivity index (χ0) is 11.5. The Morgan fingerprint density at radius 1 is 1.50 bits per heavy atom. The molecular formula is C11H13N3O2. The maximum absolute atomic E-state index is 10.7. The van der Waals surface area contributed by atoms with E-state index in [-0.39, 0.29) is 6.54 Å². The molecule has 0 spiro atoms. The first kappa shape index (κ1) is 10.6. The Balaban J connectivity index is 2.52. The van der Waals surface area contributed by atoms with Crippen LogP contribution in [0.5, 0.6) is 0 Å². The van der Waals surface area contributed by atoms with Gasteiger partial charge in [-0.2, -0.15) is 5.10 Å². The van der Waals surface area contributed by atoms with E-state index in [1.165, 1.54) is 4.68 Å². The lowest BCUT2D eigenvalue weighted by Gasteiger charge is -1.97. The van der Waals surface area contributed by atoms with E-state index in [2.05, 4.69) is 10.4 Å². The average Bonchev–Trinajstić information content (AvgIpc) is 2.58. The second kappa shape index (κ2) is 4.32. The van der Waals surface area contributed by atoms with Gasteiger partial charge in [0.05, 0.1) is 11.2 Å². The summed E-state index contributed by atoms with van der Waals surface area (Å²) in [7, 11) is 1.84. The topological polar surface area (TPSA) is 67.2 Å². The molecule has 84 valence electrons. The summed E-state index contributed by atoms with van der Waals surface area (Å²) < 4.78 is 1.52. The molecule has 0 aliphatic rings.